The molecule has 1 heterocycles. The summed E-state index contributed by atoms with van der Waals surface area (Å²) < 4.78 is 22.0. The molecule has 0 aromatic carbocycles. The van der Waals surface area contributed by atoms with E-state index in [-0.39, 0.29) is 11.8 Å². The molecular formula is C9H18N4O2S. The van der Waals surface area contributed by atoms with Gasteiger partial charge in [-0.2, -0.15) is 15.4 Å². The summed E-state index contributed by atoms with van der Waals surface area (Å²) in [6, 6.07) is 0.0745. The van der Waals surface area contributed by atoms with Crippen molar-refractivity contribution in [3.8, 4) is 0 Å². The van der Waals surface area contributed by atoms with Crippen molar-refractivity contribution >= 4 is 9.84 Å². The molecule has 0 bridgehead atoms. The minimum absolute atomic E-state index is 0.0745. The molecule has 6 nitrogen and oxygen atoms in total. The fraction of sp³-hybridized carbons (Fsp3) is 0.778. The van der Waals surface area contributed by atoms with Gasteiger partial charge in [-0.15, -0.1) is 0 Å². The lowest BCUT2D eigenvalue weighted by Crippen LogP contribution is -2.22. The molecular weight excluding hydrogens is 228 g/mol. The van der Waals surface area contributed by atoms with Crippen molar-refractivity contribution in [2.45, 2.75) is 25.8 Å². The van der Waals surface area contributed by atoms with Crippen molar-refractivity contribution < 1.29 is 8.42 Å². The number of sulfone groups is 1. The Labute approximate surface area is 95.7 Å². The second kappa shape index (κ2) is 5.95. The molecule has 0 aliphatic carbocycles. The first-order valence-electron chi connectivity index (χ1n) is 5.29. The molecule has 0 amide bonds. The summed E-state index contributed by atoms with van der Waals surface area (Å²) in [6.45, 7) is 2.82. The number of nitrogens with one attached hydrogen (secondary N) is 2. The number of aromatic nitrogens is 3. The topological polar surface area (TPSA) is 87.7 Å². The zero-order valence-corrected chi connectivity index (χ0v) is 10.4. The van der Waals surface area contributed by atoms with Crippen molar-refractivity contribution in [3.63, 3.8) is 0 Å². The van der Waals surface area contributed by atoms with Crippen LogP contribution in [-0.2, 0) is 9.84 Å². The molecule has 1 rings (SSSR count). The normalized spacial score (nSPS) is 13.9. The van der Waals surface area contributed by atoms with Gasteiger partial charge in [0.25, 0.3) is 0 Å². The maximum atomic E-state index is 11.0. The average Bonchev–Trinajstić information content (AvgIpc) is 2.67. The molecule has 0 aliphatic heterocycles. The maximum absolute atomic E-state index is 11.0. The highest BCUT2D eigenvalue weighted by atomic mass is 32.2. The zero-order valence-electron chi connectivity index (χ0n) is 9.60. The quantitative estimate of drug-likeness (QED) is 0.721. The fourth-order valence-corrected chi connectivity index (χ4v) is 2.22. The van der Waals surface area contributed by atoms with Crippen molar-refractivity contribution in [2.24, 2.45) is 0 Å². The van der Waals surface area contributed by atoms with Crippen LogP contribution in [-0.4, -0.2) is 42.4 Å². The third kappa shape index (κ3) is 4.71. The summed E-state index contributed by atoms with van der Waals surface area (Å²) >= 11 is 0. The second-order valence-corrected chi connectivity index (χ2v) is 6.04. The average molecular weight is 246 g/mol. The fourth-order valence-electron chi connectivity index (χ4n) is 1.53. The largest absolute Gasteiger partial charge is 0.309 e. The van der Waals surface area contributed by atoms with Crippen LogP contribution in [0.4, 0.5) is 0 Å². The van der Waals surface area contributed by atoms with E-state index in [0.29, 0.717) is 6.42 Å². The van der Waals surface area contributed by atoms with Crippen molar-refractivity contribution in [3.05, 3.63) is 11.9 Å². The SMILES string of the molecule is CCNC(CCCS(C)(=O)=O)c1cn[nH]n1. The molecule has 0 saturated carbocycles. The minimum Gasteiger partial charge on any atom is -0.309 e. The Hall–Kier alpha value is -0.950. The van der Waals surface area contributed by atoms with Gasteiger partial charge in [-0.1, -0.05) is 6.92 Å². The molecule has 0 fully saturated rings. The molecule has 7 heteroatoms. The van der Waals surface area contributed by atoms with Crippen LogP contribution in [0.25, 0.3) is 0 Å². The van der Waals surface area contributed by atoms with E-state index in [0.717, 1.165) is 18.7 Å². The van der Waals surface area contributed by atoms with Gasteiger partial charge in [-0.3, -0.25) is 0 Å². The van der Waals surface area contributed by atoms with E-state index < -0.39 is 9.84 Å². The molecule has 1 unspecified atom stereocenters. The highest BCUT2D eigenvalue weighted by Gasteiger charge is 2.13. The Balaban J connectivity index is 2.47. The summed E-state index contributed by atoms with van der Waals surface area (Å²) in [5, 5.41) is 13.6. The van der Waals surface area contributed by atoms with Crippen LogP contribution in [0.15, 0.2) is 6.20 Å². The standard InChI is InChI=1S/C9H18N4O2S/c1-3-10-8(9-7-11-13-12-9)5-4-6-16(2,14)15/h7-8,10H,3-6H2,1-2H3,(H,11,12,13). The van der Waals surface area contributed by atoms with Crippen molar-refractivity contribution in [1.29, 1.82) is 0 Å². The van der Waals surface area contributed by atoms with Crippen LogP contribution in [0.2, 0.25) is 0 Å². The van der Waals surface area contributed by atoms with E-state index in [1.165, 1.54) is 6.26 Å². The van der Waals surface area contributed by atoms with Gasteiger partial charge in [-0.25, -0.2) is 8.42 Å². The first-order valence-corrected chi connectivity index (χ1v) is 7.35. The van der Waals surface area contributed by atoms with Crippen LogP contribution in [0, 0.1) is 0 Å². The zero-order chi connectivity index (χ0) is 12.0. The Morgan fingerprint density at radius 1 is 1.56 bits per heavy atom. The first kappa shape index (κ1) is 13.1. The second-order valence-electron chi connectivity index (χ2n) is 3.78. The molecule has 0 spiro atoms. The van der Waals surface area contributed by atoms with Crippen molar-refractivity contribution in [1.82, 2.24) is 20.7 Å². The first-order chi connectivity index (χ1) is 7.53. The molecule has 1 aromatic heterocycles. The Morgan fingerprint density at radius 2 is 2.31 bits per heavy atom. The van der Waals surface area contributed by atoms with Crippen LogP contribution in [0.5, 0.6) is 0 Å². The van der Waals surface area contributed by atoms with Gasteiger partial charge < -0.3 is 5.32 Å². The number of H-pyrrole nitrogens is 1. The predicted molar refractivity (Wildman–Crippen MR) is 61.7 cm³/mol. The van der Waals surface area contributed by atoms with Crippen molar-refractivity contribution in [2.75, 3.05) is 18.6 Å². The third-order valence-electron chi connectivity index (χ3n) is 2.25. The lowest BCUT2D eigenvalue weighted by molar-refractivity contribution is 0.495. The summed E-state index contributed by atoms with van der Waals surface area (Å²) in [5.74, 6) is 0.215. The number of aromatic amines is 1. The number of nitrogens with zero attached hydrogens (tertiary/aromatic N) is 2. The Bertz CT molecular complexity index is 388. The molecule has 16 heavy (non-hydrogen) atoms. The molecule has 0 saturated heterocycles. The third-order valence-corrected chi connectivity index (χ3v) is 3.28. The van der Waals surface area contributed by atoms with E-state index >= 15 is 0 Å². The van der Waals surface area contributed by atoms with Crippen LogP contribution in [0.1, 0.15) is 31.5 Å². The van der Waals surface area contributed by atoms with Gasteiger partial charge >= 0.3 is 0 Å². The Morgan fingerprint density at radius 3 is 2.81 bits per heavy atom. The van der Waals surface area contributed by atoms with Gasteiger partial charge in [0.15, 0.2) is 0 Å². The lowest BCUT2D eigenvalue weighted by atomic mass is 10.1. The van der Waals surface area contributed by atoms with Crippen LogP contribution in [0.3, 0.4) is 0 Å². The number of rotatable bonds is 7. The minimum atomic E-state index is -2.88. The number of hydrogen-bond acceptors (Lipinski definition) is 5. The Kier molecular flexibility index (Phi) is 4.88. The van der Waals surface area contributed by atoms with E-state index in [1.54, 1.807) is 6.20 Å². The molecule has 1 atom stereocenters. The van der Waals surface area contributed by atoms with E-state index in [1.807, 2.05) is 6.92 Å². The van der Waals surface area contributed by atoms with Gasteiger partial charge in [0.2, 0.25) is 0 Å². The van der Waals surface area contributed by atoms with E-state index in [2.05, 4.69) is 20.7 Å². The predicted octanol–water partition coefficient (Wildman–Crippen LogP) is 0.280. The summed E-state index contributed by atoms with van der Waals surface area (Å²) in [6.07, 6.45) is 4.29. The molecule has 92 valence electrons. The van der Waals surface area contributed by atoms with E-state index in [9.17, 15) is 8.42 Å². The molecule has 1 aromatic rings. The smallest absolute Gasteiger partial charge is 0.147 e. The van der Waals surface area contributed by atoms with Crippen LogP contribution < -0.4 is 5.32 Å². The highest BCUT2D eigenvalue weighted by Crippen LogP contribution is 2.15. The molecule has 2 N–H and O–H groups in total. The molecule has 0 aliphatic rings. The van der Waals surface area contributed by atoms with Gasteiger partial charge in [0.1, 0.15) is 9.84 Å². The van der Waals surface area contributed by atoms with Crippen LogP contribution >= 0.6 is 0 Å². The van der Waals surface area contributed by atoms with Gasteiger partial charge in [0.05, 0.1) is 17.9 Å². The summed E-state index contributed by atoms with van der Waals surface area (Å²) in [7, 11) is -2.88. The lowest BCUT2D eigenvalue weighted by Gasteiger charge is -2.14. The van der Waals surface area contributed by atoms with E-state index in [4.69, 9.17) is 0 Å². The monoisotopic (exact) mass is 246 g/mol. The molecule has 0 radical (unpaired) electrons. The number of hydrogen-bond donors (Lipinski definition) is 2. The highest BCUT2D eigenvalue weighted by molar-refractivity contribution is 7.90. The summed E-state index contributed by atoms with van der Waals surface area (Å²) in [5.41, 5.74) is 0.829. The van der Waals surface area contributed by atoms with Gasteiger partial charge in [0, 0.05) is 12.0 Å². The van der Waals surface area contributed by atoms with Gasteiger partial charge in [-0.05, 0) is 19.4 Å². The summed E-state index contributed by atoms with van der Waals surface area (Å²) in [4.78, 5) is 0. The maximum Gasteiger partial charge on any atom is 0.147 e.